The number of sulfone groups is 1. The van der Waals surface area contributed by atoms with Crippen LogP contribution in [0.25, 0.3) is 0 Å². The van der Waals surface area contributed by atoms with Crippen molar-refractivity contribution in [3.8, 4) is 5.88 Å². The molecule has 0 radical (unpaired) electrons. The third kappa shape index (κ3) is 5.14. The molecule has 4 rings (SSSR count). The fraction of sp³-hybridized carbons (Fsp3) is 0.435. The first-order chi connectivity index (χ1) is 16.3. The molecule has 9 nitrogen and oxygen atoms in total. The molecular formula is C23H27FN4O5S. The molecule has 3 heterocycles. The van der Waals surface area contributed by atoms with E-state index in [0.717, 1.165) is 17.9 Å². The Kier molecular flexibility index (Phi) is 7.01. The number of carbonyl (C=O) groups is 1. The van der Waals surface area contributed by atoms with Gasteiger partial charge in [0.1, 0.15) is 24.1 Å². The van der Waals surface area contributed by atoms with Crippen LogP contribution in [0.15, 0.2) is 42.1 Å². The third-order valence-electron chi connectivity index (χ3n) is 5.89. The second-order valence-electron chi connectivity index (χ2n) is 8.26. The summed E-state index contributed by atoms with van der Waals surface area (Å²) in [5.74, 6) is 0.358. The number of fused-ring (bicyclic) bond motifs is 1. The lowest BCUT2D eigenvalue weighted by atomic mass is 10.1. The minimum atomic E-state index is -3.51. The maximum absolute atomic E-state index is 14.8. The normalized spacial score (nSPS) is 16.3. The summed E-state index contributed by atoms with van der Waals surface area (Å²) in [5.41, 5.74) is 1.03. The zero-order chi connectivity index (χ0) is 24.3. The van der Waals surface area contributed by atoms with Gasteiger partial charge in [0.05, 0.1) is 22.8 Å². The number of likely N-dealkylation sites (tertiary alicyclic amines) is 1. The van der Waals surface area contributed by atoms with E-state index in [1.54, 1.807) is 15.9 Å². The van der Waals surface area contributed by atoms with Crippen LogP contribution >= 0.6 is 0 Å². The van der Waals surface area contributed by atoms with E-state index < -0.39 is 15.7 Å². The number of hydrogen-bond donors (Lipinski definition) is 0. The van der Waals surface area contributed by atoms with Crippen LogP contribution in [0.1, 0.15) is 24.8 Å². The largest absolute Gasteiger partial charge is 0.474 e. The van der Waals surface area contributed by atoms with Crippen molar-refractivity contribution in [1.82, 2.24) is 14.9 Å². The van der Waals surface area contributed by atoms with Crippen molar-refractivity contribution >= 4 is 27.4 Å². The van der Waals surface area contributed by atoms with Gasteiger partial charge in [0.25, 0.3) is 0 Å². The number of carbonyl (C=O) groups excluding carboxylic acids is 1. The van der Waals surface area contributed by atoms with Gasteiger partial charge in [-0.2, -0.15) is 0 Å². The molecule has 11 heteroatoms. The summed E-state index contributed by atoms with van der Waals surface area (Å²) in [6.45, 7) is 5.44. The summed E-state index contributed by atoms with van der Waals surface area (Å²) >= 11 is 0. The Bertz CT molecular complexity index is 1180. The van der Waals surface area contributed by atoms with E-state index in [9.17, 15) is 17.6 Å². The Balaban J connectivity index is 1.43. The molecule has 2 aliphatic rings. The quantitative estimate of drug-likeness (QED) is 0.431. The summed E-state index contributed by atoms with van der Waals surface area (Å²) in [6, 6.07) is 3.87. The van der Waals surface area contributed by atoms with Gasteiger partial charge >= 0.3 is 6.09 Å². The number of piperidine rings is 1. The van der Waals surface area contributed by atoms with E-state index in [4.69, 9.17) is 9.47 Å². The number of rotatable bonds is 7. The third-order valence-corrected chi connectivity index (χ3v) is 7.00. The predicted octanol–water partition coefficient (Wildman–Crippen LogP) is 3.27. The van der Waals surface area contributed by atoms with Crippen LogP contribution in [0, 0.1) is 5.82 Å². The van der Waals surface area contributed by atoms with Gasteiger partial charge in [-0.3, -0.25) is 0 Å². The molecule has 0 spiro atoms. The Labute approximate surface area is 198 Å². The second-order valence-corrected chi connectivity index (χ2v) is 10.3. The number of ether oxygens (including phenoxy) is 2. The molecule has 1 amide bonds. The van der Waals surface area contributed by atoms with Crippen LogP contribution in [0.2, 0.25) is 0 Å². The SMILES string of the molecule is C=CCCOC(=O)N1CCC(Oc2ncnc3c2CCN3c2ccc(S(C)(=O)=O)cc2F)CC1. The summed E-state index contributed by atoms with van der Waals surface area (Å²) < 4.78 is 49.6. The Morgan fingerprint density at radius 2 is 2.03 bits per heavy atom. The second kappa shape index (κ2) is 9.96. The summed E-state index contributed by atoms with van der Waals surface area (Å²) in [5, 5.41) is 0. The standard InChI is InChI=1S/C23H27FN4O5S/c1-3-4-13-32-23(29)27-10-7-16(8-11-27)33-22-18-9-12-28(21(18)25-15-26-22)20-6-5-17(14-19(20)24)34(2,30)31/h3,5-6,14-16H,1,4,7-13H2,2H3. The first kappa shape index (κ1) is 23.9. The molecule has 1 aromatic heterocycles. The van der Waals surface area contributed by atoms with E-state index in [2.05, 4.69) is 16.5 Å². The van der Waals surface area contributed by atoms with Crippen LogP contribution in [0.3, 0.4) is 0 Å². The molecule has 0 saturated carbocycles. The number of anilines is 2. The zero-order valence-electron chi connectivity index (χ0n) is 18.9. The number of hydrogen-bond acceptors (Lipinski definition) is 8. The Hall–Kier alpha value is -3.21. The van der Waals surface area contributed by atoms with E-state index in [0.29, 0.717) is 63.6 Å². The van der Waals surface area contributed by atoms with Crippen molar-refractivity contribution in [2.75, 3.05) is 37.4 Å². The monoisotopic (exact) mass is 490 g/mol. The van der Waals surface area contributed by atoms with Gasteiger partial charge in [-0.05, 0) is 31.0 Å². The first-order valence-electron chi connectivity index (χ1n) is 11.1. The Morgan fingerprint density at radius 1 is 1.26 bits per heavy atom. The predicted molar refractivity (Wildman–Crippen MR) is 124 cm³/mol. The number of amides is 1. The van der Waals surface area contributed by atoms with Crippen LogP contribution in [0.4, 0.5) is 20.7 Å². The van der Waals surface area contributed by atoms with Gasteiger partial charge < -0.3 is 19.3 Å². The maximum Gasteiger partial charge on any atom is 0.409 e. The molecule has 0 unspecified atom stereocenters. The van der Waals surface area contributed by atoms with Crippen molar-refractivity contribution in [3.05, 3.63) is 48.6 Å². The van der Waals surface area contributed by atoms with Gasteiger partial charge in [0, 0.05) is 38.7 Å². The fourth-order valence-corrected chi connectivity index (χ4v) is 4.71. The molecule has 182 valence electrons. The number of aromatic nitrogens is 2. The zero-order valence-corrected chi connectivity index (χ0v) is 19.8. The smallest absolute Gasteiger partial charge is 0.409 e. The minimum absolute atomic E-state index is 0.0733. The van der Waals surface area contributed by atoms with Crippen molar-refractivity contribution in [2.24, 2.45) is 0 Å². The molecule has 1 saturated heterocycles. The summed E-state index contributed by atoms with van der Waals surface area (Å²) in [4.78, 5) is 24.0. The van der Waals surface area contributed by atoms with Crippen molar-refractivity contribution in [3.63, 3.8) is 0 Å². The molecule has 0 aliphatic carbocycles. The molecule has 2 aliphatic heterocycles. The molecule has 1 fully saturated rings. The summed E-state index contributed by atoms with van der Waals surface area (Å²) in [7, 11) is -3.51. The molecule has 2 aromatic rings. The van der Waals surface area contributed by atoms with Gasteiger partial charge in [0.2, 0.25) is 5.88 Å². The molecule has 34 heavy (non-hydrogen) atoms. The van der Waals surface area contributed by atoms with E-state index >= 15 is 0 Å². The highest BCUT2D eigenvalue weighted by Gasteiger charge is 2.31. The number of benzene rings is 1. The lowest BCUT2D eigenvalue weighted by Crippen LogP contribution is -2.42. The lowest BCUT2D eigenvalue weighted by Gasteiger charge is -2.31. The average molecular weight is 491 g/mol. The van der Waals surface area contributed by atoms with Crippen LogP contribution < -0.4 is 9.64 Å². The van der Waals surface area contributed by atoms with E-state index in [-0.39, 0.29) is 22.8 Å². The maximum atomic E-state index is 14.8. The van der Waals surface area contributed by atoms with Gasteiger partial charge in [-0.25, -0.2) is 27.6 Å². The molecule has 0 bridgehead atoms. The van der Waals surface area contributed by atoms with E-state index in [1.807, 2.05) is 0 Å². The van der Waals surface area contributed by atoms with Crippen LogP contribution in [0.5, 0.6) is 5.88 Å². The highest BCUT2D eigenvalue weighted by atomic mass is 32.2. The molecule has 0 atom stereocenters. The van der Waals surface area contributed by atoms with Gasteiger partial charge in [0.15, 0.2) is 9.84 Å². The van der Waals surface area contributed by atoms with Crippen molar-refractivity contribution in [2.45, 2.75) is 36.7 Å². The number of halogens is 1. The van der Waals surface area contributed by atoms with Gasteiger partial charge in [-0.1, -0.05) is 6.08 Å². The molecule has 1 aromatic carbocycles. The molecule has 0 N–H and O–H groups in total. The van der Waals surface area contributed by atoms with Gasteiger partial charge in [-0.15, -0.1) is 6.58 Å². The lowest BCUT2D eigenvalue weighted by molar-refractivity contribution is 0.0667. The Morgan fingerprint density at radius 3 is 2.71 bits per heavy atom. The fourth-order valence-electron chi connectivity index (χ4n) is 4.08. The first-order valence-corrected chi connectivity index (χ1v) is 13.0. The van der Waals surface area contributed by atoms with Crippen molar-refractivity contribution < 1.29 is 27.1 Å². The van der Waals surface area contributed by atoms with E-state index in [1.165, 1.54) is 18.5 Å². The summed E-state index contributed by atoms with van der Waals surface area (Å²) in [6.07, 6.45) is 6.13. The topological polar surface area (TPSA) is 102 Å². The highest BCUT2D eigenvalue weighted by molar-refractivity contribution is 7.90. The average Bonchev–Trinajstić information content (AvgIpc) is 3.24. The number of nitrogens with zero attached hydrogens (tertiary/aromatic N) is 4. The van der Waals surface area contributed by atoms with Crippen LogP contribution in [-0.2, 0) is 21.0 Å². The molecular weight excluding hydrogens is 463 g/mol. The van der Waals surface area contributed by atoms with Crippen LogP contribution in [-0.4, -0.2) is 68.0 Å². The highest BCUT2D eigenvalue weighted by Crippen LogP contribution is 2.38. The minimum Gasteiger partial charge on any atom is -0.474 e. The van der Waals surface area contributed by atoms with Crippen molar-refractivity contribution in [1.29, 1.82) is 0 Å².